The molecule has 2 unspecified atom stereocenters. The lowest BCUT2D eigenvalue weighted by Gasteiger charge is -2.37. The number of hydrogen-bond donors (Lipinski definition) is 3. The van der Waals surface area contributed by atoms with E-state index in [9.17, 15) is 14.4 Å². The molecular formula is C54H76FN9O3. The molecule has 2 amide bonds. The number of allylic oxidation sites excluding steroid dienone is 4. The molecule has 2 aromatic rings. The smallest absolute Gasteiger partial charge is 0.253 e. The van der Waals surface area contributed by atoms with E-state index in [4.69, 9.17) is 5.73 Å². The van der Waals surface area contributed by atoms with E-state index >= 15 is 4.39 Å². The molecule has 6 rings (SSSR count). The number of anilines is 2. The van der Waals surface area contributed by atoms with Crippen LogP contribution in [-0.2, 0) is 9.59 Å². The Morgan fingerprint density at radius 3 is 2.40 bits per heavy atom. The maximum absolute atomic E-state index is 15.3. The van der Waals surface area contributed by atoms with E-state index < -0.39 is 11.9 Å². The monoisotopic (exact) mass is 918 g/mol. The molecule has 3 fully saturated rings. The van der Waals surface area contributed by atoms with Crippen molar-refractivity contribution in [1.29, 1.82) is 0 Å². The second-order valence-corrected chi connectivity index (χ2v) is 18.0. The first kappa shape index (κ1) is 52.2. The molecule has 0 aromatic heterocycles. The number of aliphatic imine (C=N–C) groups is 1. The number of halogens is 1. The van der Waals surface area contributed by atoms with Gasteiger partial charge >= 0.3 is 0 Å². The Kier molecular flexibility index (Phi) is 20.2. The van der Waals surface area contributed by atoms with Crippen LogP contribution in [-0.4, -0.2) is 129 Å². The van der Waals surface area contributed by atoms with Crippen molar-refractivity contribution >= 4 is 35.7 Å². The van der Waals surface area contributed by atoms with Crippen LogP contribution in [0.15, 0.2) is 119 Å². The number of rotatable bonds is 20. The second-order valence-electron chi connectivity index (χ2n) is 18.0. The van der Waals surface area contributed by atoms with Gasteiger partial charge in [-0.05, 0) is 136 Å². The van der Waals surface area contributed by atoms with Gasteiger partial charge in [-0.2, -0.15) is 0 Å². The fourth-order valence-electron chi connectivity index (χ4n) is 9.53. The van der Waals surface area contributed by atoms with Gasteiger partial charge in [0.05, 0.1) is 12.4 Å². The van der Waals surface area contributed by atoms with Crippen molar-refractivity contribution < 1.29 is 18.8 Å². The third-order valence-corrected chi connectivity index (χ3v) is 13.6. The normalized spacial score (nSPS) is 19.0. The van der Waals surface area contributed by atoms with Crippen LogP contribution in [0.25, 0.3) is 0 Å². The summed E-state index contributed by atoms with van der Waals surface area (Å²) >= 11 is 0. The minimum Gasteiger partial charge on any atom is -0.384 e. The maximum atomic E-state index is 15.3. The Balaban J connectivity index is 0.00000414. The molecule has 362 valence electrons. The van der Waals surface area contributed by atoms with Gasteiger partial charge in [-0.1, -0.05) is 56.9 Å². The Bertz CT molecular complexity index is 2160. The number of aldehydes is 1. The van der Waals surface area contributed by atoms with E-state index in [-0.39, 0.29) is 30.6 Å². The van der Waals surface area contributed by atoms with Crippen molar-refractivity contribution in [3.63, 3.8) is 0 Å². The maximum Gasteiger partial charge on any atom is 0.253 e. The molecule has 0 spiro atoms. The quantitative estimate of drug-likeness (QED) is 0.0683. The molecule has 2 aromatic carbocycles. The van der Waals surface area contributed by atoms with E-state index in [1.165, 1.54) is 22.8 Å². The SMILES string of the molecule is C=CC1=C(/C=C\N(C)/C(=C/C=NC)C(=C)/C=C(\C)C(C)N2CCC(c3ccc(C(=O)N4CCC(CN5CCN(c6ccc(NC(CCC=O)C(N)=O)cc6F)C5)CC4)cc3)CC2)NCC1.CC. The van der Waals surface area contributed by atoms with Crippen molar-refractivity contribution in [3.05, 3.63) is 131 Å². The van der Waals surface area contributed by atoms with Gasteiger partial charge in [0.15, 0.2) is 0 Å². The number of benzene rings is 2. The molecule has 4 heterocycles. The van der Waals surface area contributed by atoms with Crippen LogP contribution in [0.3, 0.4) is 0 Å². The number of likely N-dealkylation sites (tertiary alicyclic amines) is 2. The van der Waals surface area contributed by atoms with Crippen LogP contribution in [0.1, 0.15) is 94.5 Å². The molecule has 0 bridgehead atoms. The van der Waals surface area contributed by atoms with Gasteiger partial charge in [0.2, 0.25) is 5.91 Å². The Hall–Kier alpha value is -5.79. The molecule has 4 aliphatic rings. The highest BCUT2D eigenvalue weighted by Crippen LogP contribution is 2.32. The molecule has 0 saturated carbocycles. The summed E-state index contributed by atoms with van der Waals surface area (Å²) in [5.41, 5.74) is 14.0. The van der Waals surface area contributed by atoms with Crippen molar-refractivity contribution in [1.82, 2.24) is 24.9 Å². The summed E-state index contributed by atoms with van der Waals surface area (Å²) in [4.78, 5) is 51.4. The number of amides is 2. The summed E-state index contributed by atoms with van der Waals surface area (Å²) in [6, 6.07) is 12.7. The number of nitrogens with one attached hydrogen (secondary N) is 2. The summed E-state index contributed by atoms with van der Waals surface area (Å²) in [5, 5.41) is 6.39. The van der Waals surface area contributed by atoms with E-state index in [1.807, 2.05) is 61.2 Å². The van der Waals surface area contributed by atoms with Crippen LogP contribution in [0, 0.1) is 11.7 Å². The minimum atomic E-state index is -0.744. The summed E-state index contributed by atoms with van der Waals surface area (Å²) in [7, 11) is 3.81. The average Bonchev–Trinajstić information content (AvgIpc) is 4.02. The number of piperidine rings is 2. The van der Waals surface area contributed by atoms with Crippen molar-refractivity contribution in [2.24, 2.45) is 16.6 Å². The van der Waals surface area contributed by atoms with Gasteiger partial charge in [0.1, 0.15) is 18.1 Å². The Morgan fingerprint density at radius 2 is 1.76 bits per heavy atom. The molecule has 3 saturated heterocycles. The third kappa shape index (κ3) is 14.4. The number of nitrogens with two attached hydrogens (primary N) is 1. The van der Waals surface area contributed by atoms with E-state index in [2.05, 4.69) is 87.8 Å². The number of carbonyl (C=O) groups excluding carboxylic acids is 3. The van der Waals surface area contributed by atoms with Crippen LogP contribution < -0.4 is 21.3 Å². The predicted molar refractivity (Wildman–Crippen MR) is 274 cm³/mol. The summed E-state index contributed by atoms with van der Waals surface area (Å²) < 4.78 is 15.3. The second kappa shape index (κ2) is 25.9. The first-order chi connectivity index (χ1) is 32.4. The van der Waals surface area contributed by atoms with Crippen LogP contribution in [0.2, 0.25) is 0 Å². The zero-order valence-electron chi connectivity index (χ0n) is 41.0. The number of nitrogens with zero attached hydrogens (tertiary/aromatic N) is 6. The van der Waals surface area contributed by atoms with Gasteiger partial charge in [-0.25, -0.2) is 4.39 Å². The molecule has 2 atom stereocenters. The van der Waals surface area contributed by atoms with Crippen molar-refractivity contribution in [2.75, 3.05) is 83.3 Å². The molecule has 4 N–H and O–H groups in total. The van der Waals surface area contributed by atoms with Gasteiger partial charge in [-0.15, -0.1) is 0 Å². The highest BCUT2D eigenvalue weighted by atomic mass is 19.1. The lowest BCUT2D eigenvalue weighted by atomic mass is 9.88. The number of likely N-dealkylation sites (N-methyl/N-ethyl adjacent to an activating group) is 1. The molecule has 4 aliphatic heterocycles. The number of carbonyl (C=O) groups is 3. The Morgan fingerprint density at radius 1 is 1.04 bits per heavy atom. The van der Waals surface area contributed by atoms with Crippen LogP contribution in [0.5, 0.6) is 0 Å². The zero-order chi connectivity index (χ0) is 48.5. The fourth-order valence-corrected chi connectivity index (χ4v) is 9.53. The first-order valence-corrected chi connectivity index (χ1v) is 24.3. The van der Waals surface area contributed by atoms with Gasteiger partial charge in [0.25, 0.3) is 5.91 Å². The molecule has 12 nitrogen and oxygen atoms in total. The molecule has 13 heteroatoms. The van der Waals surface area contributed by atoms with Gasteiger partial charge in [0, 0.05) is 101 Å². The molecular weight excluding hydrogens is 842 g/mol. The minimum absolute atomic E-state index is 0.0985. The highest BCUT2D eigenvalue weighted by Gasteiger charge is 2.30. The lowest BCUT2D eigenvalue weighted by molar-refractivity contribution is -0.119. The molecule has 0 radical (unpaired) electrons. The van der Waals surface area contributed by atoms with Crippen LogP contribution >= 0.6 is 0 Å². The number of hydrogen-bond acceptors (Lipinski definition) is 10. The molecule has 0 aliphatic carbocycles. The third-order valence-electron chi connectivity index (χ3n) is 13.6. The van der Waals surface area contributed by atoms with E-state index in [1.54, 1.807) is 19.2 Å². The summed E-state index contributed by atoms with van der Waals surface area (Å²) in [5.74, 6) is 0.0689. The van der Waals surface area contributed by atoms with Crippen molar-refractivity contribution in [3.8, 4) is 0 Å². The van der Waals surface area contributed by atoms with Crippen LogP contribution in [0.4, 0.5) is 15.8 Å². The van der Waals surface area contributed by atoms with Gasteiger partial charge in [-0.3, -0.25) is 24.4 Å². The highest BCUT2D eigenvalue weighted by molar-refractivity contribution is 5.94. The summed E-state index contributed by atoms with van der Waals surface area (Å²) in [6.45, 7) is 24.4. The first-order valence-electron chi connectivity index (χ1n) is 24.3. The Labute approximate surface area is 399 Å². The topological polar surface area (TPSA) is 130 Å². The lowest BCUT2D eigenvalue weighted by Crippen LogP contribution is -2.41. The summed E-state index contributed by atoms with van der Waals surface area (Å²) in [6.07, 6.45) is 18.3. The van der Waals surface area contributed by atoms with E-state index in [0.717, 1.165) is 107 Å². The van der Waals surface area contributed by atoms with Crippen molar-refractivity contribution in [2.45, 2.75) is 90.6 Å². The average molecular weight is 918 g/mol. The zero-order valence-corrected chi connectivity index (χ0v) is 41.0. The standard InChI is InChI=1S/C52H70FN9O3.C2H6/c1-7-41-16-24-56-47(41)22-25-58(6)49(17-23-55-5)38(3)33-37(2)39(4)60-28-20-43(21-29-60)42-10-12-44(13-11-42)52(65)61-26-18-40(19-27-61)35-59-30-31-62(36-59)50-15-14-45(34-46(50)53)57-48(51(54)64)9-8-32-63;1-2/h7,10-15,17,22-23,25,32-34,39-40,43,48,56-57H,1,3,8-9,16,18-21,24,26-31,35-36H2,2,4-6H3,(H2,54,64);1-2H3/b25-22-,37-33+,49-17+,55-23?;. The van der Waals surface area contributed by atoms with Gasteiger partial charge < -0.3 is 35.9 Å². The van der Waals surface area contributed by atoms with E-state index in [0.29, 0.717) is 36.4 Å². The fraction of sp³-hybridized carbons (Fsp3) is 0.481. The molecule has 67 heavy (non-hydrogen) atoms. The largest absolute Gasteiger partial charge is 0.384 e. The number of primary amides is 1. The predicted octanol–water partition coefficient (Wildman–Crippen LogP) is 8.26.